The highest BCUT2D eigenvalue weighted by atomic mass is 14.8. The Labute approximate surface area is 210 Å². The van der Waals surface area contributed by atoms with E-state index in [1.807, 2.05) is 105 Å². The van der Waals surface area contributed by atoms with Gasteiger partial charge in [-0.25, -0.2) is 15.0 Å². The Morgan fingerprint density at radius 3 is 1.25 bits per heavy atom. The Kier molecular flexibility index (Phi) is 6.05. The number of aryl methyl sites for hydroxylation is 2. The Bertz CT molecular complexity index is 1530. The molecule has 0 aliphatic carbocycles. The van der Waals surface area contributed by atoms with Crippen LogP contribution in [0.15, 0.2) is 91.0 Å². The molecule has 0 N–H and O–H groups in total. The molecule has 0 radical (unpaired) electrons. The number of nitriles is 2. The molecule has 0 saturated carbocycles. The number of pyridine rings is 3. The quantitative estimate of drug-likeness (QED) is 0.289. The van der Waals surface area contributed by atoms with Crippen LogP contribution in [0.4, 0.5) is 0 Å². The van der Waals surface area contributed by atoms with Gasteiger partial charge in [-0.05, 0) is 61.4 Å². The van der Waals surface area contributed by atoms with Crippen LogP contribution in [0, 0.1) is 36.5 Å². The first kappa shape index (κ1) is 22.7. The van der Waals surface area contributed by atoms with E-state index in [9.17, 15) is 10.5 Å². The van der Waals surface area contributed by atoms with Crippen LogP contribution in [0.2, 0.25) is 0 Å². The van der Waals surface area contributed by atoms with Crippen molar-refractivity contribution in [1.29, 1.82) is 10.5 Å². The summed E-state index contributed by atoms with van der Waals surface area (Å²) in [5.41, 5.74) is 8.90. The van der Waals surface area contributed by atoms with E-state index in [1.54, 1.807) is 0 Å². The third-order valence-electron chi connectivity index (χ3n) is 6.00. The molecule has 0 saturated heterocycles. The molecular weight excluding hydrogens is 442 g/mol. The molecule has 0 atom stereocenters. The van der Waals surface area contributed by atoms with E-state index < -0.39 is 0 Å². The summed E-state index contributed by atoms with van der Waals surface area (Å²) < 4.78 is 0. The number of hydrogen-bond donors (Lipinski definition) is 0. The first-order valence-electron chi connectivity index (χ1n) is 11.5. The van der Waals surface area contributed by atoms with Crippen molar-refractivity contribution in [3.05, 3.63) is 114 Å². The van der Waals surface area contributed by atoms with Crippen LogP contribution in [0.25, 0.3) is 45.0 Å². The molecule has 5 rings (SSSR count). The lowest BCUT2D eigenvalue weighted by Gasteiger charge is -2.09. The van der Waals surface area contributed by atoms with Crippen molar-refractivity contribution in [2.24, 2.45) is 0 Å². The SMILES string of the molecule is Cc1ccc(-c2ccc(-c3cccc(-c4ccc(-c5ccc(C)cc5)c(C#N)n4)n3)nc2C#N)cc1. The van der Waals surface area contributed by atoms with Crippen LogP contribution < -0.4 is 0 Å². The molecule has 0 aliphatic heterocycles. The topological polar surface area (TPSA) is 86.2 Å². The minimum atomic E-state index is 0.343. The van der Waals surface area contributed by atoms with Crippen LogP contribution >= 0.6 is 0 Å². The van der Waals surface area contributed by atoms with Gasteiger partial charge in [-0.1, -0.05) is 65.7 Å². The second-order valence-corrected chi connectivity index (χ2v) is 8.55. The van der Waals surface area contributed by atoms with Crippen molar-refractivity contribution in [3.63, 3.8) is 0 Å². The maximum absolute atomic E-state index is 9.76. The Balaban J connectivity index is 1.51. The minimum absolute atomic E-state index is 0.343. The molecule has 0 unspecified atom stereocenters. The summed E-state index contributed by atoms with van der Waals surface area (Å²) in [4.78, 5) is 13.9. The predicted octanol–water partition coefficient (Wildman–Crippen LogP) is 6.90. The summed E-state index contributed by atoms with van der Waals surface area (Å²) in [5, 5.41) is 19.5. The Morgan fingerprint density at radius 2 is 0.861 bits per heavy atom. The summed E-state index contributed by atoms with van der Waals surface area (Å²) in [6.07, 6.45) is 0. The van der Waals surface area contributed by atoms with Crippen molar-refractivity contribution in [2.75, 3.05) is 0 Å². The lowest BCUT2D eigenvalue weighted by atomic mass is 10.0. The van der Waals surface area contributed by atoms with Gasteiger partial charge in [0.1, 0.15) is 23.5 Å². The number of nitrogens with zero attached hydrogens (tertiary/aromatic N) is 5. The van der Waals surface area contributed by atoms with E-state index in [0.29, 0.717) is 34.2 Å². The van der Waals surface area contributed by atoms with E-state index in [1.165, 1.54) is 0 Å². The zero-order chi connectivity index (χ0) is 25.1. The second kappa shape index (κ2) is 9.62. The van der Waals surface area contributed by atoms with E-state index in [2.05, 4.69) is 22.1 Å². The van der Waals surface area contributed by atoms with Gasteiger partial charge in [0.2, 0.25) is 0 Å². The van der Waals surface area contributed by atoms with Crippen LogP contribution in [0.5, 0.6) is 0 Å². The standard InChI is InChI=1S/C31H21N5/c1-20-6-10-22(11-7-20)24-14-16-28(35-30(24)18-32)26-4-3-5-27(34-26)29-17-15-25(31(19-33)36-29)23-12-8-21(2)9-13-23/h3-17H,1-2H3. The van der Waals surface area contributed by atoms with Gasteiger partial charge in [0, 0.05) is 11.1 Å². The summed E-state index contributed by atoms with van der Waals surface area (Å²) in [5.74, 6) is 0. The zero-order valence-corrected chi connectivity index (χ0v) is 19.9. The summed E-state index contributed by atoms with van der Waals surface area (Å²) in [7, 11) is 0. The molecule has 2 aromatic carbocycles. The van der Waals surface area contributed by atoms with Gasteiger partial charge in [-0.15, -0.1) is 0 Å². The molecule has 0 spiro atoms. The van der Waals surface area contributed by atoms with Crippen LogP contribution in [-0.2, 0) is 0 Å². The predicted molar refractivity (Wildman–Crippen MR) is 140 cm³/mol. The van der Waals surface area contributed by atoms with Gasteiger partial charge >= 0.3 is 0 Å². The van der Waals surface area contributed by atoms with Crippen LogP contribution in [0.3, 0.4) is 0 Å². The first-order chi connectivity index (χ1) is 17.6. The van der Waals surface area contributed by atoms with Gasteiger partial charge in [-0.3, -0.25) is 0 Å². The monoisotopic (exact) mass is 463 g/mol. The highest BCUT2D eigenvalue weighted by molar-refractivity contribution is 5.74. The smallest absolute Gasteiger partial charge is 0.149 e. The number of rotatable bonds is 4. The second-order valence-electron chi connectivity index (χ2n) is 8.55. The van der Waals surface area contributed by atoms with Crippen molar-refractivity contribution in [3.8, 4) is 57.2 Å². The zero-order valence-electron chi connectivity index (χ0n) is 19.9. The maximum Gasteiger partial charge on any atom is 0.149 e. The fourth-order valence-electron chi connectivity index (χ4n) is 4.03. The van der Waals surface area contributed by atoms with Crippen molar-refractivity contribution < 1.29 is 0 Å². The maximum atomic E-state index is 9.76. The fourth-order valence-corrected chi connectivity index (χ4v) is 4.03. The van der Waals surface area contributed by atoms with E-state index >= 15 is 0 Å². The molecule has 3 aromatic heterocycles. The third kappa shape index (κ3) is 4.46. The highest BCUT2D eigenvalue weighted by Gasteiger charge is 2.13. The van der Waals surface area contributed by atoms with E-state index in [0.717, 1.165) is 33.4 Å². The number of hydrogen-bond acceptors (Lipinski definition) is 5. The average Bonchev–Trinajstić information content (AvgIpc) is 2.93. The van der Waals surface area contributed by atoms with Crippen molar-refractivity contribution >= 4 is 0 Å². The van der Waals surface area contributed by atoms with Gasteiger partial charge in [0.05, 0.1) is 22.8 Å². The normalized spacial score (nSPS) is 10.4. The van der Waals surface area contributed by atoms with E-state index in [-0.39, 0.29) is 0 Å². The van der Waals surface area contributed by atoms with Gasteiger partial charge < -0.3 is 0 Å². The highest BCUT2D eigenvalue weighted by Crippen LogP contribution is 2.29. The van der Waals surface area contributed by atoms with Gasteiger partial charge in [0.25, 0.3) is 0 Å². The molecule has 5 aromatic rings. The minimum Gasteiger partial charge on any atom is -0.245 e. The molecule has 170 valence electrons. The number of benzene rings is 2. The molecule has 36 heavy (non-hydrogen) atoms. The lowest BCUT2D eigenvalue weighted by molar-refractivity contribution is 1.19. The van der Waals surface area contributed by atoms with Gasteiger partial charge in [-0.2, -0.15) is 10.5 Å². The van der Waals surface area contributed by atoms with Crippen LogP contribution in [0.1, 0.15) is 22.5 Å². The molecular formula is C31H21N5. The van der Waals surface area contributed by atoms with Gasteiger partial charge in [0.15, 0.2) is 0 Å². The molecule has 0 bridgehead atoms. The average molecular weight is 464 g/mol. The lowest BCUT2D eigenvalue weighted by Crippen LogP contribution is -1.97. The third-order valence-corrected chi connectivity index (χ3v) is 6.00. The molecule has 0 aliphatic rings. The largest absolute Gasteiger partial charge is 0.245 e. The Hall–Kier alpha value is -5.13. The Morgan fingerprint density at radius 1 is 0.472 bits per heavy atom. The molecule has 5 nitrogen and oxygen atoms in total. The van der Waals surface area contributed by atoms with Crippen molar-refractivity contribution in [1.82, 2.24) is 15.0 Å². The molecule has 3 heterocycles. The molecule has 5 heteroatoms. The summed E-state index contributed by atoms with van der Waals surface area (Å²) in [6, 6.07) is 33.6. The molecule has 0 amide bonds. The summed E-state index contributed by atoms with van der Waals surface area (Å²) in [6.45, 7) is 4.05. The van der Waals surface area contributed by atoms with Crippen LogP contribution in [-0.4, -0.2) is 15.0 Å². The van der Waals surface area contributed by atoms with Crippen molar-refractivity contribution in [2.45, 2.75) is 13.8 Å². The summed E-state index contributed by atoms with van der Waals surface area (Å²) >= 11 is 0. The first-order valence-corrected chi connectivity index (χ1v) is 11.5. The fraction of sp³-hybridized carbons (Fsp3) is 0.0645. The number of aromatic nitrogens is 3. The molecule has 0 fully saturated rings. The van der Waals surface area contributed by atoms with E-state index in [4.69, 9.17) is 4.98 Å².